The first-order valence-corrected chi connectivity index (χ1v) is 4.27. The van der Waals surface area contributed by atoms with Crippen molar-refractivity contribution in [2.24, 2.45) is 4.99 Å². The molecular formula is C8H14N2O. The van der Waals surface area contributed by atoms with Crippen LogP contribution in [-0.4, -0.2) is 50.0 Å². The van der Waals surface area contributed by atoms with E-state index in [0.717, 1.165) is 39.3 Å². The zero-order valence-electron chi connectivity index (χ0n) is 6.70. The molecule has 0 aliphatic carbocycles. The van der Waals surface area contributed by atoms with E-state index in [9.17, 15) is 0 Å². The first kappa shape index (κ1) is 7.25. The van der Waals surface area contributed by atoms with Gasteiger partial charge in [0, 0.05) is 25.3 Å². The van der Waals surface area contributed by atoms with Crippen LogP contribution in [0.5, 0.6) is 0 Å². The summed E-state index contributed by atoms with van der Waals surface area (Å²) in [6.45, 7) is 4.98. The Kier molecular flexibility index (Phi) is 2.19. The number of hydrogen-bond acceptors (Lipinski definition) is 3. The first-order valence-electron chi connectivity index (χ1n) is 4.27. The maximum atomic E-state index is 5.28. The smallest absolute Gasteiger partial charge is 0.0594 e. The second kappa shape index (κ2) is 3.32. The Balaban J connectivity index is 1.83. The van der Waals surface area contributed by atoms with Crippen molar-refractivity contribution in [3.8, 4) is 0 Å². The molecule has 2 aliphatic heterocycles. The normalized spacial score (nSPS) is 32.9. The molecule has 11 heavy (non-hydrogen) atoms. The summed E-state index contributed by atoms with van der Waals surface area (Å²) in [6.07, 6.45) is 3.18. The van der Waals surface area contributed by atoms with Crippen LogP contribution in [0.15, 0.2) is 4.99 Å². The van der Waals surface area contributed by atoms with Crippen molar-refractivity contribution in [3.63, 3.8) is 0 Å². The zero-order chi connectivity index (χ0) is 7.52. The third kappa shape index (κ3) is 1.60. The molecule has 0 radical (unpaired) electrons. The van der Waals surface area contributed by atoms with E-state index in [1.807, 2.05) is 6.21 Å². The van der Waals surface area contributed by atoms with E-state index in [0.29, 0.717) is 6.04 Å². The van der Waals surface area contributed by atoms with Crippen molar-refractivity contribution in [2.45, 2.75) is 12.5 Å². The summed E-state index contributed by atoms with van der Waals surface area (Å²) in [4.78, 5) is 6.72. The second-order valence-electron chi connectivity index (χ2n) is 3.09. The fourth-order valence-electron chi connectivity index (χ4n) is 1.67. The maximum absolute atomic E-state index is 5.28. The second-order valence-corrected chi connectivity index (χ2v) is 3.09. The molecule has 1 unspecified atom stereocenters. The Morgan fingerprint density at radius 3 is 2.82 bits per heavy atom. The molecule has 3 heteroatoms. The molecule has 62 valence electrons. The third-order valence-electron chi connectivity index (χ3n) is 2.38. The minimum Gasteiger partial charge on any atom is -0.379 e. The van der Waals surface area contributed by atoms with Crippen LogP contribution in [0.4, 0.5) is 0 Å². The van der Waals surface area contributed by atoms with Gasteiger partial charge in [0.05, 0.1) is 19.8 Å². The summed E-state index contributed by atoms with van der Waals surface area (Å²) in [5.74, 6) is 0. The zero-order valence-corrected chi connectivity index (χ0v) is 6.70. The minimum atomic E-state index is 0.680. The Morgan fingerprint density at radius 2 is 2.18 bits per heavy atom. The Morgan fingerprint density at radius 1 is 1.36 bits per heavy atom. The molecule has 1 atom stereocenters. The Hall–Kier alpha value is -0.410. The van der Waals surface area contributed by atoms with Crippen LogP contribution in [0.3, 0.4) is 0 Å². The molecule has 0 saturated carbocycles. The quantitative estimate of drug-likeness (QED) is 0.537. The van der Waals surface area contributed by atoms with Crippen LogP contribution in [0.1, 0.15) is 6.42 Å². The largest absolute Gasteiger partial charge is 0.379 e. The molecule has 2 heterocycles. The van der Waals surface area contributed by atoms with Crippen molar-refractivity contribution < 1.29 is 4.74 Å². The molecule has 0 amide bonds. The van der Waals surface area contributed by atoms with Gasteiger partial charge in [-0.25, -0.2) is 0 Å². The molecule has 3 nitrogen and oxygen atoms in total. The van der Waals surface area contributed by atoms with Crippen molar-refractivity contribution in [3.05, 3.63) is 0 Å². The number of nitrogens with zero attached hydrogens (tertiary/aromatic N) is 2. The van der Waals surface area contributed by atoms with Crippen LogP contribution in [0.25, 0.3) is 0 Å². The van der Waals surface area contributed by atoms with Gasteiger partial charge in [-0.3, -0.25) is 9.89 Å². The molecule has 0 aromatic rings. The summed E-state index contributed by atoms with van der Waals surface area (Å²) in [5, 5.41) is 0. The van der Waals surface area contributed by atoms with Gasteiger partial charge in [-0.2, -0.15) is 0 Å². The van der Waals surface area contributed by atoms with Gasteiger partial charge in [0.1, 0.15) is 0 Å². The van der Waals surface area contributed by atoms with Gasteiger partial charge in [0.2, 0.25) is 0 Å². The molecule has 0 N–H and O–H groups in total. The highest BCUT2D eigenvalue weighted by Gasteiger charge is 2.21. The van der Waals surface area contributed by atoms with Gasteiger partial charge in [-0.05, 0) is 6.42 Å². The summed E-state index contributed by atoms with van der Waals surface area (Å²) in [7, 11) is 0. The lowest BCUT2D eigenvalue weighted by Gasteiger charge is -2.31. The van der Waals surface area contributed by atoms with Crippen LogP contribution in [-0.2, 0) is 4.74 Å². The van der Waals surface area contributed by atoms with E-state index in [2.05, 4.69) is 9.89 Å². The first-order chi connectivity index (χ1) is 5.47. The third-order valence-corrected chi connectivity index (χ3v) is 2.38. The van der Waals surface area contributed by atoms with Gasteiger partial charge in [-0.1, -0.05) is 0 Å². The molecule has 0 aromatic carbocycles. The summed E-state index contributed by atoms with van der Waals surface area (Å²) in [5.41, 5.74) is 0. The maximum Gasteiger partial charge on any atom is 0.0594 e. The summed E-state index contributed by atoms with van der Waals surface area (Å²) in [6, 6.07) is 0.680. The average Bonchev–Trinajstić information content (AvgIpc) is 2.58. The molecule has 2 rings (SSSR count). The van der Waals surface area contributed by atoms with Crippen LogP contribution < -0.4 is 0 Å². The predicted molar refractivity (Wildman–Crippen MR) is 44.2 cm³/mol. The van der Waals surface area contributed by atoms with Crippen molar-refractivity contribution >= 4 is 6.21 Å². The van der Waals surface area contributed by atoms with Gasteiger partial charge in [-0.15, -0.1) is 0 Å². The fourth-order valence-corrected chi connectivity index (χ4v) is 1.67. The molecule has 2 aliphatic rings. The average molecular weight is 154 g/mol. The lowest BCUT2D eigenvalue weighted by atomic mass is 10.2. The van der Waals surface area contributed by atoms with E-state index >= 15 is 0 Å². The minimum absolute atomic E-state index is 0.680. The fraction of sp³-hybridized carbons (Fsp3) is 0.875. The SMILES string of the molecule is C1=NCC(N2CCOCC2)C1. The van der Waals surface area contributed by atoms with Crippen molar-refractivity contribution in [1.82, 2.24) is 4.90 Å². The lowest BCUT2D eigenvalue weighted by Crippen LogP contribution is -2.43. The Bertz CT molecular complexity index is 144. The molecule has 1 saturated heterocycles. The van der Waals surface area contributed by atoms with E-state index in [1.165, 1.54) is 0 Å². The highest BCUT2D eigenvalue weighted by Crippen LogP contribution is 2.10. The van der Waals surface area contributed by atoms with Crippen LogP contribution in [0, 0.1) is 0 Å². The number of ether oxygens (including phenoxy) is 1. The van der Waals surface area contributed by atoms with E-state index < -0.39 is 0 Å². The lowest BCUT2D eigenvalue weighted by molar-refractivity contribution is 0.0213. The molecule has 0 spiro atoms. The van der Waals surface area contributed by atoms with Crippen molar-refractivity contribution in [1.29, 1.82) is 0 Å². The molecule has 0 aromatic heterocycles. The van der Waals surface area contributed by atoms with Gasteiger partial charge in [0.25, 0.3) is 0 Å². The standard InChI is InChI=1S/C8H14N2O/c1-2-9-7-8(1)10-3-5-11-6-4-10/h2,8H,1,3-7H2. The van der Waals surface area contributed by atoms with E-state index in [4.69, 9.17) is 4.74 Å². The van der Waals surface area contributed by atoms with E-state index in [1.54, 1.807) is 0 Å². The van der Waals surface area contributed by atoms with E-state index in [-0.39, 0.29) is 0 Å². The highest BCUT2D eigenvalue weighted by atomic mass is 16.5. The molecule has 0 bridgehead atoms. The number of aliphatic imine (C=N–C) groups is 1. The van der Waals surface area contributed by atoms with Gasteiger partial charge in [0.15, 0.2) is 0 Å². The molecule has 1 fully saturated rings. The van der Waals surface area contributed by atoms with Gasteiger partial charge < -0.3 is 4.74 Å². The highest BCUT2D eigenvalue weighted by molar-refractivity contribution is 5.60. The summed E-state index contributed by atoms with van der Waals surface area (Å²) >= 11 is 0. The Labute approximate surface area is 67.1 Å². The van der Waals surface area contributed by atoms with Crippen molar-refractivity contribution in [2.75, 3.05) is 32.8 Å². The van der Waals surface area contributed by atoms with Crippen LogP contribution >= 0.6 is 0 Å². The number of rotatable bonds is 1. The number of hydrogen-bond donors (Lipinski definition) is 0. The number of morpholine rings is 1. The van der Waals surface area contributed by atoms with Gasteiger partial charge >= 0.3 is 0 Å². The van der Waals surface area contributed by atoms with Crippen LogP contribution in [0.2, 0.25) is 0 Å². The predicted octanol–water partition coefficient (Wildman–Crippen LogP) is 0.162. The summed E-state index contributed by atoms with van der Waals surface area (Å²) < 4.78 is 5.28. The molecular weight excluding hydrogens is 140 g/mol. The topological polar surface area (TPSA) is 24.8 Å². The monoisotopic (exact) mass is 154 g/mol.